The van der Waals surface area contributed by atoms with E-state index in [1.54, 1.807) is 7.11 Å². The summed E-state index contributed by atoms with van der Waals surface area (Å²) < 4.78 is 5.41. The largest absolute Gasteiger partial charge is 0.497 e. The highest BCUT2D eigenvalue weighted by Crippen LogP contribution is 2.38. The van der Waals surface area contributed by atoms with Crippen molar-refractivity contribution in [1.29, 1.82) is 5.26 Å². The summed E-state index contributed by atoms with van der Waals surface area (Å²) in [6.45, 7) is 1.98. The van der Waals surface area contributed by atoms with Crippen LogP contribution < -0.4 is 9.64 Å². The van der Waals surface area contributed by atoms with Gasteiger partial charge < -0.3 is 9.64 Å². The van der Waals surface area contributed by atoms with Crippen LogP contribution in [0.3, 0.4) is 0 Å². The van der Waals surface area contributed by atoms with Crippen LogP contribution in [0.2, 0.25) is 0 Å². The summed E-state index contributed by atoms with van der Waals surface area (Å²) in [5.74, 6) is 1.68. The molecule has 1 saturated heterocycles. The number of benzene rings is 2. The summed E-state index contributed by atoms with van der Waals surface area (Å²) in [6, 6.07) is 18.2. The van der Waals surface area contributed by atoms with E-state index in [0.29, 0.717) is 5.69 Å². The summed E-state index contributed by atoms with van der Waals surface area (Å²) in [4.78, 5) is 6.92. The van der Waals surface area contributed by atoms with Crippen molar-refractivity contribution >= 4 is 16.6 Å². The zero-order valence-electron chi connectivity index (χ0n) is 13.5. The molecule has 0 atom stereocenters. The second-order valence-corrected chi connectivity index (χ2v) is 5.89. The van der Waals surface area contributed by atoms with Gasteiger partial charge in [0.15, 0.2) is 5.69 Å². The van der Waals surface area contributed by atoms with E-state index >= 15 is 0 Å². The first kappa shape index (κ1) is 14.5. The molecule has 0 amide bonds. The molecule has 0 aliphatic carbocycles. The van der Waals surface area contributed by atoms with E-state index in [2.05, 4.69) is 11.0 Å². The lowest BCUT2D eigenvalue weighted by Crippen LogP contribution is -2.37. The molecule has 4 heteroatoms. The average molecular weight is 315 g/mol. The van der Waals surface area contributed by atoms with Crippen molar-refractivity contribution in [2.75, 3.05) is 25.1 Å². The molecule has 0 spiro atoms. The Morgan fingerprint density at radius 1 is 1.08 bits per heavy atom. The van der Waals surface area contributed by atoms with Crippen LogP contribution in [0, 0.1) is 11.3 Å². The van der Waals surface area contributed by atoms with Gasteiger partial charge in [-0.15, -0.1) is 0 Å². The van der Waals surface area contributed by atoms with Crippen LogP contribution in [0.15, 0.2) is 48.5 Å². The van der Waals surface area contributed by atoms with E-state index in [9.17, 15) is 5.26 Å². The molecular weight excluding hydrogens is 298 g/mol. The lowest BCUT2D eigenvalue weighted by Gasteiger charge is -2.33. The van der Waals surface area contributed by atoms with Gasteiger partial charge in [0.1, 0.15) is 17.6 Å². The molecule has 4 rings (SSSR count). The van der Waals surface area contributed by atoms with Gasteiger partial charge in [-0.2, -0.15) is 5.26 Å². The van der Waals surface area contributed by atoms with E-state index in [0.717, 1.165) is 46.6 Å². The maximum Gasteiger partial charge on any atom is 0.151 e. The second kappa shape index (κ2) is 5.86. The molecule has 2 aromatic carbocycles. The quantitative estimate of drug-likeness (QED) is 0.733. The summed E-state index contributed by atoms with van der Waals surface area (Å²) in [7, 11) is 1.66. The molecule has 24 heavy (non-hydrogen) atoms. The van der Waals surface area contributed by atoms with E-state index in [1.807, 2.05) is 48.5 Å². The number of ether oxygens (including phenoxy) is 1. The third-order valence-corrected chi connectivity index (χ3v) is 4.52. The molecule has 2 heterocycles. The lowest BCUT2D eigenvalue weighted by atomic mass is 9.96. The topological polar surface area (TPSA) is 49.1 Å². The Bertz CT molecular complexity index is 940. The molecule has 0 unspecified atom stereocenters. The van der Waals surface area contributed by atoms with Gasteiger partial charge in [-0.05, 0) is 35.6 Å². The van der Waals surface area contributed by atoms with Crippen molar-refractivity contribution in [1.82, 2.24) is 4.98 Å². The van der Waals surface area contributed by atoms with Crippen LogP contribution >= 0.6 is 0 Å². The lowest BCUT2D eigenvalue weighted by molar-refractivity contribution is 0.415. The Morgan fingerprint density at radius 2 is 1.88 bits per heavy atom. The van der Waals surface area contributed by atoms with Crippen molar-refractivity contribution in [2.24, 2.45) is 0 Å². The fourth-order valence-corrected chi connectivity index (χ4v) is 3.15. The van der Waals surface area contributed by atoms with E-state index in [1.165, 1.54) is 6.42 Å². The SMILES string of the molecule is COc1ccc2c(N3CCC3)nc(C#N)c(-c3ccccc3)c2c1. The molecule has 1 aliphatic heterocycles. The molecule has 0 N–H and O–H groups in total. The van der Waals surface area contributed by atoms with Crippen molar-refractivity contribution in [3.63, 3.8) is 0 Å². The number of methoxy groups -OCH3 is 1. The smallest absolute Gasteiger partial charge is 0.151 e. The monoisotopic (exact) mass is 315 g/mol. The first-order valence-corrected chi connectivity index (χ1v) is 8.04. The third kappa shape index (κ3) is 2.26. The van der Waals surface area contributed by atoms with Crippen LogP contribution in [-0.2, 0) is 0 Å². The minimum Gasteiger partial charge on any atom is -0.497 e. The molecule has 1 fully saturated rings. The van der Waals surface area contributed by atoms with Crippen LogP contribution in [0.25, 0.3) is 21.9 Å². The highest BCUT2D eigenvalue weighted by atomic mass is 16.5. The van der Waals surface area contributed by atoms with Gasteiger partial charge in [0.2, 0.25) is 0 Å². The fourth-order valence-electron chi connectivity index (χ4n) is 3.15. The first-order valence-electron chi connectivity index (χ1n) is 8.04. The fraction of sp³-hybridized carbons (Fsp3) is 0.200. The van der Waals surface area contributed by atoms with Crippen LogP contribution in [0.1, 0.15) is 12.1 Å². The number of nitriles is 1. The number of aromatic nitrogens is 1. The predicted octanol–water partition coefficient (Wildman–Crippen LogP) is 3.99. The maximum atomic E-state index is 9.70. The Balaban J connectivity index is 2.08. The zero-order valence-corrected chi connectivity index (χ0v) is 13.5. The highest BCUT2D eigenvalue weighted by molar-refractivity contribution is 6.04. The molecule has 4 nitrogen and oxygen atoms in total. The standard InChI is InChI=1S/C20H17N3O/c1-24-15-8-9-16-17(12-15)19(14-6-3-2-4-7-14)18(13-21)22-20(16)23-10-5-11-23/h2-4,6-9,12H,5,10-11H2,1H3. The Hall–Kier alpha value is -3.06. The van der Waals surface area contributed by atoms with Crippen molar-refractivity contribution in [3.8, 4) is 22.9 Å². The van der Waals surface area contributed by atoms with Crippen molar-refractivity contribution in [2.45, 2.75) is 6.42 Å². The molecule has 118 valence electrons. The van der Waals surface area contributed by atoms with Crippen molar-refractivity contribution in [3.05, 3.63) is 54.2 Å². The summed E-state index contributed by atoms with van der Waals surface area (Å²) in [5, 5.41) is 11.8. The number of nitrogens with zero attached hydrogens (tertiary/aromatic N) is 3. The Morgan fingerprint density at radius 3 is 2.50 bits per heavy atom. The first-order chi connectivity index (χ1) is 11.8. The zero-order chi connectivity index (χ0) is 16.5. The molecule has 0 radical (unpaired) electrons. The third-order valence-electron chi connectivity index (χ3n) is 4.52. The number of anilines is 1. The van der Waals surface area contributed by atoms with Gasteiger partial charge >= 0.3 is 0 Å². The van der Waals surface area contributed by atoms with Gasteiger partial charge in [-0.1, -0.05) is 30.3 Å². The average Bonchev–Trinajstić information content (AvgIpc) is 2.60. The minimum atomic E-state index is 0.462. The molecule has 0 bridgehead atoms. The molecule has 1 aromatic heterocycles. The van der Waals surface area contributed by atoms with E-state index in [4.69, 9.17) is 9.72 Å². The second-order valence-electron chi connectivity index (χ2n) is 5.89. The van der Waals surface area contributed by atoms with Gasteiger partial charge in [-0.25, -0.2) is 4.98 Å². The number of fused-ring (bicyclic) bond motifs is 1. The molecular formula is C20H17N3O. The van der Waals surface area contributed by atoms with Gasteiger partial charge in [0, 0.05) is 24.0 Å². The molecule has 1 aliphatic rings. The Labute approximate surface area is 140 Å². The van der Waals surface area contributed by atoms with Crippen molar-refractivity contribution < 1.29 is 4.74 Å². The van der Waals surface area contributed by atoms with Crippen LogP contribution in [-0.4, -0.2) is 25.2 Å². The number of hydrogen-bond acceptors (Lipinski definition) is 4. The van der Waals surface area contributed by atoms with E-state index in [-0.39, 0.29) is 0 Å². The summed E-state index contributed by atoms with van der Waals surface area (Å²) in [5.41, 5.74) is 2.33. The summed E-state index contributed by atoms with van der Waals surface area (Å²) >= 11 is 0. The number of hydrogen-bond donors (Lipinski definition) is 0. The minimum absolute atomic E-state index is 0.462. The van der Waals surface area contributed by atoms with Gasteiger partial charge in [0.25, 0.3) is 0 Å². The Kier molecular flexibility index (Phi) is 3.55. The van der Waals surface area contributed by atoms with Crippen LogP contribution in [0.4, 0.5) is 5.82 Å². The highest BCUT2D eigenvalue weighted by Gasteiger charge is 2.22. The molecule has 0 saturated carbocycles. The normalized spacial score (nSPS) is 13.4. The maximum absolute atomic E-state index is 9.70. The molecule has 3 aromatic rings. The predicted molar refractivity (Wildman–Crippen MR) is 95.3 cm³/mol. The van der Waals surface area contributed by atoms with Gasteiger partial charge in [-0.3, -0.25) is 0 Å². The number of pyridine rings is 1. The van der Waals surface area contributed by atoms with Crippen LogP contribution in [0.5, 0.6) is 5.75 Å². The summed E-state index contributed by atoms with van der Waals surface area (Å²) in [6.07, 6.45) is 1.17. The number of rotatable bonds is 3. The van der Waals surface area contributed by atoms with E-state index < -0.39 is 0 Å². The van der Waals surface area contributed by atoms with Gasteiger partial charge in [0.05, 0.1) is 7.11 Å².